The molecular weight excluding hydrogens is 429 g/mol. The number of guanidine groups is 1. The van der Waals surface area contributed by atoms with E-state index in [2.05, 4.69) is 45.0 Å². The highest BCUT2D eigenvalue weighted by atomic mass is 127. The van der Waals surface area contributed by atoms with Crippen molar-refractivity contribution >= 4 is 35.8 Å². The molecule has 2 rings (SSSR count). The molecule has 0 aliphatic carbocycles. The number of rotatable bonds is 6. The standard InChI is InChI=1S/C18H23N5O.HI/c1-14-6-3-4-7-15(14)13-23-18(19-2)22-11-10-21-17(24)16-8-5-9-20-12-16;/h3-9,12H,10-11,13H2,1-2H3,(H,21,24)(H2,19,22,23);1H. The van der Waals surface area contributed by atoms with Crippen molar-refractivity contribution in [3.05, 3.63) is 65.5 Å². The van der Waals surface area contributed by atoms with E-state index in [0.717, 1.165) is 0 Å². The normalized spacial score (nSPS) is 10.6. The lowest BCUT2D eigenvalue weighted by molar-refractivity contribution is 0.0954. The molecule has 7 heteroatoms. The summed E-state index contributed by atoms with van der Waals surface area (Å²) in [5.41, 5.74) is 3.02. The first kappa shape index (κ1) is 20.9. The van der Waals surface area contributed by atoms with Gasteiger partial charge in [0.05, 0.1) is 5.56 Å². The van der Waals surface area contributed by atoms with Crippen molar-refractivity contribution in [3.63, 3.8) is 0 Å². The number of nitrogens with zero attached hydrogens (tertiary/aromatic N) is 2. The van der Waals surface area contributed by atoms with Gasteiger partial charge in [-0.05, 0) is 30.2 Å². The number of pyridine rings is 1. The summed E-state index contributed by atoms with van der Waals surface area (Å²) < 4.78 is 0. The average molecular weight is 453 g/mol. The molecule has 25 heavy (non-hydrogen) atoms. The van der Waals surface area contributed by atoms with E-state index in [0.29, 0.717) is 31.2 Å². The second-order valence-corrected chi connectivity index (χ2v) is 5.28. The van der Waals surface area contributed by atoms with Crippen LogP contribution in [-0.4, -0.2) is 37.0 Å². The number of aromatic nitrogens is 1. The minimum Gasteiger partial charge on any atom is -0.355 e. The Morgan fingerprint density at radius 3 is 2.52 bits per heavy atom. The van der Waals surface area contributed by atoms with Gasteiger partial charge in [-0.1, -0.05) is 24.3 Å². The number of nitrogens with one attached hydrogen (secondary N) is 3. The molecule has 6 nitrogen and oxygen atoms in total. The lowest BCUT2D eigenvalue weighted by atomic mass is 10.1. The summed E-state index contributed by atoms with van der Waals surface area (Å²) in [6, 6.07) is 11.7. The maximum absolute atomic E-state index is 11.9. The van der Waals surface area contributed by atoms with Crippen LogP contribution >= 0.6 is 24.0 Å². The fraction of sp³-hybridized carbons (Fsp3) is 0.278. The highest BCUT2D eigenvalue weighted by Gasteiger charge is 2.04. The lowest BCUT2D eigenvalue weighted by Gasteiger charge is -2.13. The van der Waals surface area contributed by atoms with E-state index in [9.17, 15) is 4.79 Å². The minimum atomic E-state index is -0.132. The van der Waals surface area contributed by atoms with Gasteiger partial charge in [0.25, 0.3) is 5.91 Å². The summed E-state index contributed by atoms with van der Waals surface area (Å²) in [4.78, 5) is 20.0. The molecule has 0 saturated heterocycles. The molecular formula is C18H24IN5O. The maximum Gasteiger partial charge on any atom is 0.252 e. The maximum atomic E-state index is 11.9. The zero-order valence-corrected chi connectivity index (χ0v) is 16.8. The van der Waals surface area contributed by atoms with E-state index in [-0.39, 0.29) is 29.9 Å². The summed E-state index contributed by atoms with van der Waals surface area (Å²) in [7, 11) is 1.72. The molecule has 1 amide bonds. The predicted molar refractivity (Wildman–Crippen MR) is 111 cm³/mol. The van der Waals surface area contributed by atoms with Gasteiger partial charge in [-0.15, -0.1) is 24.0 Å². The summed E-state index contributed by atoms with van der Waals surface area (Å²) in [5.74, 6) is 0.571. The summed E-state index contributed by atoms with van der Waals surface area (Å²) in [6.07, 6.45) is 3.19. The topological polar surface area (TPSA) is 78.4 Å². The number of benzene rings is 1. The van der Waals surface area contributed by atoms with Crippen LogP contribution in [0.15, 0.2) is 53.8 Å². The van der Waals surface area contributed by atoms with E-state index in [1.54, 1.807) is 31.6 Å². The van der Waals surface area contributed by atoms with E-state index < -0.39 is 0 Å². The summed E-state index contributed by atoms with van der Waals surface area (Å²) >= 11 is 0. The predicted octanol–water partition coefficient (Wildman–Crippen LogP) is 2.10. The molecule has 0 radical (unpaired) electrons. The van der Waals surface area contributed by atoms with Crippen LogP contribution in [0.5, 0.6) is 0 Å². The van der Waals surface area contributed by atoms with Crippen molar-refractivity contribution in [2.24, 2.45) is 4.99 Å². The number of amides is 1. The first-order valence-electron chi connectivity index (χ1n) is 7.88. The van der Waals surface area contributed by atoms with Gasteiger partial charge in [-0.25, -0.2) is 0 Å². The smallest absolute Gasteiger partial charge is 0.252 e. The van der Waals surface area contributed by atoms with Gasteiger partial charge in [0.15, 0.2) is 5.96 Å². The molecule has 0 aliphatic rings. The fourth-order valence-electron chi connectivity index (χ4n) is 2.16. The van der Waals surface area contributed by atoms with Gasteiger partial charge in [-0.2, -0.15) is 0 Å². The fourth-order valence-corrected chi connectivity index (χ4v) is 2.16. The number of carbonyl (C=O) groups excluding carboxylic acids is 1. The summed E-state index contributed by atoms with van der Waals surface area (Å²) in [5, 5.41) is 9.27. The van der Waals surface area contributed by atoms with Crippen molar-refractivity contribution in [3.8, 4) is 0 Å². The van der Waals surface area contributed by atoms with Crippen LogP contribution in [0.2, 0.25) is 0 Å². The Morgan fingerprint density at radius 1 is 1.08 bits per heavy atom. The molecule has 134 valence electrons. The van der Waals surface area contributed by atoms with Crippen LogP contribution in [0.1, 0.15) is 21.5 Å². The minimum absolute atomic E-state index is 0. The molecule has 0 spiro atoms. The third kappa shape index (κ3) is 7.08. The highest BCUT2D eigenvalue weighted by Crippen LogP contribution is 2.05. The summed E-state index contributed by atoms with van der Waals surface area (Å²) in [6.45, 7) is 3.87. The molecule has 0 bridgehead atoms. The average Bonchev–Trinajstić information content (AvgIpc) is 2.63. The number of halogens is 1. The molecule has 0 saturated carbocycles. The van der Waals surface area contributed by atoms with Crippen molar-refractivity contribution < 1.29 is 4.79 Å². The van der Waals surface area contributed by atoms with E-state index in [4.69, 9.17) is 0 Å². The molecule has 1 heterocycles. The van der Waals surface area contributed by atoms with Crippen molar-refractivity contribution in [2.75, 3.05) is 20.1 Å². The number of hydrogen-bond acceptors (Lipinski definition) is 3. The molecule has 0 unspecified atom stereocenters. The molecule has 2 aromatic rings. The molecule has 1 aromatic carbocycles. The second-order valence-electron chi connectivity index (χ2n) is 5.28. The molecule has 0 aliphatic heterocycles. The van der Waals surface area contributed by atoms with Crippen molar-refractivity contribution in [1.82, 2.24) is 20.9 Å². The Labute approximate surface area is 165 Å². The van der Waals surface area contributed by atoms with Crippen LogP contribution in [0, 0.1) is 6.92 Å². The number of hydrogen-bond donors (Lipinski definition) is 3. The second kappa shape index (κ2) is 11.4. The monoisotopic (exact) mass is 453 g/mol. The Morgan fingerprint density at radius 2 is 1.84 bits per heavy atom. The molecule has 3 N–H and O–H groups in total. The Kier molecular flexibility index (Phi) is 9.53. The van der Waals surface area contributed by atoms with Crippen LogP contribution < -0.4 is 16.0 Å². The third-order valence-electron chi connectivity index (χ3n) is 3.56. The molecule has 0 atom stereocenters. The van der Waals surface area contributed by atoms with Crippen molar-refractivity contribution in [1.29, 1.82) is 0 Å². The van der Waals surface area contributed by atoms with E-state index in [1.165, 1.54) is 11.1 Å². The van der Waals surface area contributed by atoms with E-state index >= 15 is 0 Å². The van der Waals surface area contributed by atoms with Crippen molar-refractivity contribution in [2.45, 2.75) is 13.5 Å². The number of carbonyl (C=O) groups is 1. The Balaban J connectivity index is 0.00000312. The zero-order valence-electron chi connectivity index (χ0n) is 14.5. The zero-order chi connectivity index (χ0) is 17.2. The van der Waals surface area contributed by atoms with Crippen LogP contribution in [-0.2, 0) is 6.54 Å². The third-order valence-corrected chi connectivity index (χ3v) is 3.56. The molecule has 1 aromatic heterocycles. The van der Waals surface area contributed by atoms with Gasteiger partial charge in [0.1, 0.15) is 0 Å². The first-order valence-corrected chi connectivity index (χ1v) is 7.88. The number of aryl methyl sites for hydroxylation is 1. The van der Waals surface area contributed by atoms with Gasteiger partial charge in [-0.3, -0.25) is 14.8 Å². The quantitative estimate of drug-likeness (QED) is 0.271. The number of aliphatic imine (C=N–C) groups is 1. The Bertz CT molecular complexity index is 691. The van der Waals surface area contributed by atoms with E-state index in [1.807, 2.05) is 12.1 Å². The van der Waals surface area contributed by atoms with Gasteiger partial charge in [0.2, 0.25) is 0 Å². The lowest BCUT2D eigenvalue weighted by Crippen LogP contribution is -2.41. The van der Waals surface area contributed by atoms with Crippen LogP contribution in [0.25, 0.3) is 0 Å². The molecule has 0 fully saturated rings. The van der Waals surface area contributed by atoms with Crippen LogP contribution in [0.4, 0.5) is 0 Å². The highest BCUT2D eigenvalue weighted by molar-refractivity contribution is 14.0. The van der Waals surface area contributed by atoms with Crippen LogP contribution in [0.3, 0.4) is 0 Å². The Hall–Kier alpha value is -2.16. The van der Waals surface area contributed by atoms with Gasteiger partial charge >= 0.3 is 0 Å². The van der Waals surface area contributed by atoms with Gasteiger partial charge in [0, 0.05) is 39.1 Å². The largest absolute Gasteiger partial charge is 0.355 e. The SMILES string of the molecule is CN=C(NCCNC(=O)c1cccnc1)NCc1ccccc1C.I. The first-order chi connectivity index (χ1) is 11.7. The van der Waals surface area contributed by atoms with Gasteiger partial charge < -0.3 is 16.0 Å².